The summed E-state index contributed by atoms with van der Waals surface area (Å²) in [7, 11) is 0. The monoisotopic (exact) mass is 467 g/mol. The minimum absolute atomic E-state index is 0.118. The molecule has 1 aliphatic heterocycles. The van der Waals surface area contributed by atoms with E-state index in [0.29, 0.717) is 37.0 Å². The third-order valence-corrected chi connectivity index (χ3v) is 6.34. The highest BCUT2D eigenvalue weighted by Gasteiger charge is 2.28. The number of carbonyl (C=O) groups excluding carboxylic acids is 1. The van der Waals surface area contributed by atoms with Crippen molar-refractivity contribution in [2.24, 2.45) is 5.73 Å². The van der Waals surface area contributed by atoms with Crippen LogP contribution in [-0.4, -0.2) is 33.8 Å². The van der Waals surface area contributed by atoms with E-state index in [1.807, 2.05) is 36.4 Å². The van der Waals surface area contributed by atoms with Crippen molar-refractivity contribution in [2.75, 3.05) is 13.1 Å². The molecule has 35 heavy (non-hydrogen) atoms. The Kier molecular flexibility index (Phi) is 6.33. The number of pyridine rings is 1. The molecule has 1 amide bonds. The van der Waals surface area contributed by atoms with Gasteiger partial charge in [-0.25, -0.2) is 0 Å². The van der Waals surface area contributed by atoms with Gasteiger partial charge in [0.2, 0.25) is 0 Å². The van der Waals surface area contributed by atoms with Crippen LogP contribution in [0, 0.1) is 0 Å². The highest BCUT2D eigenvalue weighted by atomic mass is 16.5. The molecule has 0 aliphatic carbocycles. The van der Waals surface area contributed by atoms with Gasteiger partial charge in [0.05, 0.1) is 6.54 Å². The van der Waals surface area contributed by atoms with Crippen molar-refractivity contribution in [1.82, 2.24) is 20.1 Å². The van der Waals surface area contributed by atoms with Crippen molar-refractivity contribution in [3.05, 3.63) is 89.9 Å². The molecule has 178 valence electrons. The van der Waals surface area contributed by atoms with Gasteiger partial charge in [-0.15, -0.1) is 0 Å². The highest BCUT2D eigenvalue weighted by Crippen LogP contribution is 2.36. The molecule has 3 N–H and O–H groups in total. The maximum atomic E-state index is 12.8. The number of benzene rings is 2. The standard InChI is InChI=1S/C28H29N5O2/c1-18(2)19-3-5-20(6-4-19)24(17-29)35-23-9-7-21(8-10-23)25-26(22-11-13-30-14-12-22)32-33-16-15-31-28(34)27(25)33/h3-14,18,24H,15-17,29H2,1-2H3,(H,31,34). The second-order valence-electron chi connectivity index (χ2n) is 8.98. The van der Waals surface area contributed by atoms with Crippen LogP contribution in [0.2, 0.25) is 0 Å². The Labute approximate surface area is 205 Å². The summed E-state index contributed by atoms with van der Waals surface area (Å²) < 4.78 is 8.03. The normalized spacial score (nSPS) is 13.9. The molecule has 0 radical (unpaired) electrons. The summed E-state index contributed by atoms with van der Waals surface area (Å²) in [5.41, 5.74) is 12.3. The number of nitrogens with two attached hydrogens (primary N) is 1. The number of carbonyl (C=O) groups is 1. The minimum atomic E-state index is -0.246. The Morgan fingerprint density at radius 1 is 0.971 bits per heavy atom. The van der Waals surface area contributed by atoms with E-state index >= 15 is 0 Å². The number of nitrogens with zero attached hydrogens (tertiary/aromatic N) is 3. The fraction of sp³-hybridized carbons (Fsp3) is 0.250. The Morgan fingerprint density at radius 3 is 2.31 bits per heavy atom. The Bertz CT molecular complexity index is 1310. The van der Waals surface area contributed by atoms with Crippen LogP contribution >= 0.6 is 0 Å². The van der Waals surface area contributed by atoms with Gasteiger partial charge in [-0.1, -0.05) is 50.2 Å². The summed E-state index contributed by atoms with van der Waals surface area (Å²) in [4.78, 5) is 16.9. The summed E-state index contributed by atoms with van der Waals surface area (Å²) in [6, 6.07) is 20.0. The molecule has 1 aliphatic rings. The minimum Gasteiger partial charge on any atom is -0.484 e. The SMILES string of the molecule is CC(C)c1ccc(C(CN)Oc2ccc(-c3c(-c4ccncc4)nn4c3C(=O)NCC4)cc2)cc1. The molecule has 0 fully saturated rings. The summed E-state index contributed by atoms with van der Waals surface area (Å²) in [6.07, 6.45) is 3.22. The first kappa shape index (κ1) is 22.8. The number of hydrogen-bond donors (Lipinski definition) is 2. The van der Waals surface area contributed by atoms with E-state index in [2.05, 4.69) is 48.4 Å². The lowest BCUT2D eigenvalue weighted by Gasteiger charge is -2.19. The van der Waals surface area contributed by atoms with Gasteiger partial charge < -0.3 is 15.8 Å². The molecule has 5 rings (SSSR count). The Morgan fingerprint density at radius 2 is 1.66 bits per heavy atom. The van der Waals surface area contributed by atoms with Gasteiger partial charge in [-0.05, 0) is 46.9 Å². The van der Waals surface area contributed by atoms with Crippen LogP contribution in [0.1, 0.15) is 47.5 Å². The molecule has 2 aromatic carbocycles. The molecule has 1 atom stereocenters. The second kappa shape index (κ2) is 9.72. The molecule has 0 saturated carbocycles. The van der Waals surface area contributed by atoms with E-state index in [-0.39, 0.29) is 12.0 Å². The predicted octanol–water partition coefficient (Wildman–Crippen LogP) is 4.56. The van der Waals surface area contributed by atoms with Crippen molar-refractivity contribution < 1.29 is 9.53 Å². The van der Waals surface area contributed by atoms with Gasteiger partial charge in [0.15, 0.2) is 0 Å². The fourth-order valence-corrected chi connectivity index (χ4v) is 4.41. The van der Waals surface area contributed by atoms with E-state index in [1.165, 1.54) is 5.56 Å². The fourth-order valence-electron chi connectivity index (χ4n) is 4.41. The number of hydrogen-bond acceptors (Lipinski definition) is 5. The molecular weight excluding hydrogens is 438 g/mol. The Balaban J connectivity index is 1.46. The van der Waals surface area contributed by atoms with Crippen LogP contribution in [0.3, 0.4) is 0 Å². The van der Waals surface area contributed by atoms with Gasteiger partial charge in [-0.3, -0.25) is 14.5 Å². The van der Waals surface area contributed by atoms with Crippen molar-refractivity contribution >= 4 is 5.91 Å². The van der Waals surface area contributed by atoms with E-state index in [9.17, 15) is 4.79 Å². The number of ether oxygens (including phenoxy) is 1. The number of fused-ring (bicyclic) bond motifs is 1. The molecular formula is C28H29N5O2. The van der Waals surface area contributed by atoms with Gasteiger partial charge in [0.25, 0.3) is 5.91 Å². The third-order valence-electron chi connectivity index (χ3n) is 6.34. The molecule has 2 aromatic heterocycles. The number of aromatic nitrogens is 3. The van der Waals surface area contributed by atoms with E-state index in [1.54, 1.807) is 17.1 Å². The number of nitrogens with one attached hydrogen (secondary N) is 1. The van der Waals surface area contributed by atoms with Gasteiger partial charge in [0, 0.05) is 36.6 Å². The smallest absolute Gasteiger partial charge is 0.270 e. The summed E-state index contributed by atoms with van der Waals surface area (Å²) in [5, 5.41) is 7.71. The van der Waals surface area contributed by atoms with Crippen LogP contribution in [0.4, 0.5) is 0 Å². The first-order chi connectivity index (χ1) is 17.0. The lowest BCUT2D eigenvalue weighted by Crippen LogP contribution is -2.35. The third kappa shape index (κ3) is 4.55. The van der Waals surface area contributed by atoms with Gasteiger partial charge >= 0.3 is 0 Å². The van der Waals surface area contributed by atoms with Gasteiger partial charge in [0.1, 0.15) is 23.2 Å². The van der Waals surface area contributed by atoms with Crippen LogP contribution in [0.25, 0.3) is 22.4 Å². The van der Waals surface area contributed by atoms with Crippen molar-refractivity contribution in [1.29, 1.82) is 0 Å². The maximum Gasteiger partial charge on any atom is 0.270 e. The largest absolute Gasteiger partial charge is 0.484 e. The zero-order chi connectivity index (χ0) is 24.4. The lowest BCUT2D eigenvalue weighted by molar-refractivity contribution is 0.0925. The summed E-state index contributed by atoms with van der Waals surface area (Å²) in [6.45, 7) is 5.92. The number of amides is 1. The molecule has 1 unspecified atom stereocenters. The maximum absolute atomic E-state index is 12.8. The second-order valence-corrected chi connectivity index (χ2v) is 8.98. The molecule has 7 nitrogen and oxygen atoms in total. The van der Waals surface area contributed by atoms with E-state index < -0.39 is 0 Å². The van der Waals surface area contributed by atoms with Crippen molar-refractivity contribution in [2.45, 2.75) is 32.4 Å². The lowest BCUT2D eigenvalue weighted by atomic mass is 9.98. The van der Waals surface area contributed by atoms with Crippen molar-refractivity contribution in [3.63, 3.8) is 0 Å². The van der Waals surface area contributed by atoms with E-state index in [4.69, 9.17) is 15.6 Å². The van der Waals surface area contributed by atoms with Gasteiger partial charge in [-0.2, -0.15) is 5.10 Å². The molecule has 7 heteroatoms. The van der Waals surface area contributed by atoms with Crippen LogP contribution < -0.4 is 15.8 Å². The van der Waals surface area contributed by atoms with Crippen LogP contribution in [-0.2, 0) is 6.54 Å². The molecule has 0 spiro atoms. The molecule has 3 heterocycles. The average Bonchev–Trinajstić information content (AvgIpc) is 3.29. The van der Waals surface area contributed by atoms with E-state index in [0.717, 1.165) is 27.9 Å². The zero-order valence-corrected chi connectivity index (χ0v) is 19.9. The first-order valence-electron chi connectivity index (χ1n) is 11.9. The van der Waals surface area contributed by atoms with Crippen LogP contribution in [0.5, 0.6) is 5.75 Å². The summed E-state index contributed by atoms with van der Waals surface area (Å²) >= 11 is 0. The quantitative estimate of drug-likeness (QED) is 0.416. The first-order valence-corrected chi connectivity index (χ1v) is 11.9. The Hall–Kier alpha value is -3.97. The average molecular weight is 468 g/mol. The predicted molar refractivity (Wildman–Crippen MR) is 136 cm³/mol. The molecule has 0 bridgehead atoms. The number of rotatable bonds is 7. The molecule has 0 saturated heterocycles. The molecule has 4 aromatic rings. The topological polar surface area (TPSA) is 95.1 Å². The zero-order valence-electron chi connectivity index (χ0n) is 19.9. The van der Waals surface area contributed by atoms with Crippen LogP contribution in [0.15, 0.2) is 73.1 Å². The van der Waals surface area contributed by atoms with Crippen molar-refractivity contribution in [3.8, 4) is 28.1 Å². The highest BCUT2D eigenvalue weighted by molar-refractivity contribution is 6.03. The summed E-state index contributed by atoms with van der Waals surface area (Å²) in [5.74, 6) is 1.07.